The van der Waals surface area contributed by atoms with Gasteiger partial charge in [-0.25, -0.2) is 0 Å². The topological polar surface area (TPSA) is 13.0 Å². The fourth-order valence-corrected chi connectivity index (χ4v) is 8.70. The van der Waals surface area contributed by atoms with Crippen LogP contribution in [0.2, 0.25) is 0 Å². The summed E-state index contributed by atoms with van der Waals surface area (Å²) in [5.74, 6) is 0. The Kier molecular flexibility index (Phi) is 10.2. The van der Waals surface area contributed by atoms with Crippen LogP contribution in [0.25, 0.3) is 0 Å². The Morgan fingerprint density at radius 3 is 1.10 bits per heavy atom. The summed E-state index contributed by atoms with van der Waals surface area (Å²) in [4.78, 5) is 0. The van der Waals surface area contributed by atoms with E-state index in [9.17, 15) is 0 Å². The standard InChI is InChI=1S/C15H39N4P/c1-9-14-19(15-10-2)20(16(6)11-3,17(7)12-4)18(8)13-5/h20H,9-15H2,1-8H3. The van der Waals surface area contributed by atoms with Gasteiger partial charge in [0.05, 0.1) is 0 Å². The molecule has 0 aliphatic rings. The van der Waals surface area contributed by atoms with Gasteiger partial charge in [0.1, 0.15) is 0 Å². The van der Waals surface area contributed by atoms with E-state index in [1.54, 1.807) is 0 Å². The maximum atomic E-state index is 2.78. The van der Waals surface area contributed by atoms with Crippen LogP contribution in [-0.4, -0.2) is 72.5 Å². The van der Waals surface area contributed by atoms with Gasteiger partial charge in [0.25, 0.3) is 0 Å². The molecule has 0 saturated carbocycles. The Labute approximate surface area is 128 Å². The predicted molar refractivity (Wildman–Crippen MR) is 95.4 cm³/mol. The van der Waals surface area contributed by atoms with Crippen molar-refractivity contribution in [2.45, 2.75) is 47.5 Å². The third kappa shape index (κ3) is 4.14. The Morgan fingerprint density at radius 1 is 0.600 bits per heavy atom. The zero-order chi connectivity index (χ0) is 15.8. The van der Waals surface area contributed by atoms with E-state index in [0.717, 1.165) is 19.6 Å². The van der Waals surface area contributed by atoms with E-state index in [4.69, 9.17) is 0 Å². The van der Waals surface area contributed by atoms with Crippen molar-refractivity contribution in [2.24, 2.45) is 0 Å². The second kappa shape index (κ2) is 10.1. The second-order valence-corrected chi connectivity index (χ2v) is 9.75. The summed E-state index contributed by atoms with van der Waals surface area (Å²) in [6.07, 6.45) is 2.45. The fraction of sp³-hybridized carbons (Fsp3) is 1.00. The van der Waals surface area contributed by atoms with E-state index in [2.05, 4.69) is 74.4 Å². The first-order valence-corrected chi connectivity index (χ1v) is 10.1. The summed E-state index contributed by atoms with van der Waals surface area (Å²) >= 11 is 0. The molecule has 0 unspecified atom stereocenters. The van der Waals surface area contributed by atoms with Gasteiger partial charge in [0.15, 0.2) is 0 Å². The molecule has 0 aromatic carbocycles. The number of nitrogens with zero attached hydrogens (tertiary/aromatic N) is 4. The molecule has 0 spiro atoms. The first-order valence-electron chi connectivity index (χ1n) is 8.35. The van der Waals surface area contributed by atoms with E-state index < -0.39 is 7.87 Å². The molecule has 0 rings (SSSR count). The molecule has 124 valence electrons. The van der Waals surface area contributed by atoms with Crippen LogP contribution in [0.15, 0.2) is 0 Å². The molecular weight excluding hydrogens is 267 g/mol. The van der Waals surface area contributed by atoms with E-state index in [0.29, 0.717) is 0 Å². The Morgan fingerprint density at radius 2 is 0.900 bits per heavy atom. The average molecular weight is 306 g/mol. The zero-order valence-electron chi connectivity index (χ0n) is 15.2. The van der Waals surface area contributed by atoms with Crippen LogP contribution >= 0.6 is 7.87 Å². The first-order chi connectivity index (χ1) is 9.46. The fourth-order valence-electron chi connectivity index (χ4n) is 3.19. The molecule has 20 heavy (non-hydrogen) atoms. The third-order valence-corrected chi connectivity index (χ3v) is 9.69. The molecule has 0 radical (unpaired) electrons. The Hall–Kier alpha value is 0.270. The molecule has 0 aliphatic heterocycles. The second-order valence-electron chi connectivity index (χ2n) is 5.63. The van der Waals surface area contributed by atoms with Crippen molar-refractivity contribution in [2.75, 3.05) is 53.9 Å². The number of hydrogen-bond donors (Lipinski definition) is 0. The minimum atomic E-state index is -1.94. The van der Waals surface area contributed by atoms with E-state index >= 15 is 0 Å². The van der Waals surface area contributed by atoms with Gasteiger partial charge < -0.3 is 0 Å². The van der Waals surface area contributed by atoms with Crippen molar-refractivity contribution in [1.29, 1.82) is 0 Å². The molecule has 0 amide bonds. The van der Waals surface area contributed by atoms with Crippen molar-refractivity contribution < 1.29 is 0 Å². The predicted octanol–water partition coefficient (Wildman–Crippen LogP) is 3.37. The molecule has 0 aromatic heterocycles. The summed E-state index contributed by atoms with van der Waals surface area (Å²) in [6.45, 7) is 17.1. The van der Waals surface area contributed by atoms with Gasteiger partial charge in [-0.1, -0.05) is 0 Å². The number of hydrogen-bond acceptors (Lipinski definition) is 4. The average Bonchev–Trinajstić information content (AvgIpc) is 2.47. The van der Waals surface area contributed by atoms with E-state index in [1.807, 2.05) is 0 Å². The summed E-state index contributed by atoms with van der Waals surface area (Å²) in [5, 5.41) is 0. The molecule has 0 heterocycles. The SMILES string of the molecule is CCCN(CCC)[PH](N(C)CC)(N(C)CC)N(C)CC. The van der Waals surface area contributed by atoms with Gasteiger partial charge in [0.2, 0.25) is 0 Å². The quantitative estimate of drug-likeness (QED) is 0.543. The summed E-state index contributed by atoms with van der Waals surface area (Å²) < 4.78 is 10.6. The molecular formula is C15H39N4P. The van der Waals surface area contributed by atoms with Crippen LogP contribution in [-0.2, 0) is 0 Å². The summed E-state index contributed by atoms with van der Waals surface area (Å²) in [7, 11) is 4.98. The summed E-state index contributed by atoms with van der Waals surface area (Å²) in [6, 6.07) is 0. The van der Waals surface area contributed by atoms with Crippen molar-refractivity contribution in [3.8, 4) is 0 Å². The molecule has 0 fully saturated rings. The van der Waals surface area contributed by atoms with Crippen LogP contribution in [0.4, 0.5) is 0 Å². The van der Waals surface area contributed by atoms with Crippen LogP contribution in [0.1, 0.15) is 47.5 Å². The van der Waals surface area contributed by atoms with Crippen molar-refractivity contribution in [1.82, 2.24) is 18.7 Å². The molecule has 0 aromatic rings. The molecule has 0 aliphatic carbocycles. The van der Waals surface area contributed by atoms with E-state index in [1.165, 1.54) is 25.9 Å². The van der Waals surface area contributed by atoms with Gasteiger partial charge >= 0.3 is 128 Å². The normalized spacial score (nSPS) is 14.0. The van der Waals surface area contributed by atoms with Crippen LogP contribution in [0.5, 0.6) is 0 Å². The third-order valence-electron chi connectivity index (χ3n) is 4.37. The van der Waals surface area contributed by atoms with Gasteiger partial charge in [-0.3, -0.25) is 0 Å². The van der Waals surface area contributed by atoms with Gasteiger partial charge in [0, 0.05) is 0 Å². The molecule has 0 atom stereocenters. The van der Waals surface area contributed by atoms with Gasteiger partial charge in [-0.15, -0.1) is 0 Å². The molecule has 5 heteroatoms. The van der Waals surface area contributed by atoms with Crippen molar-refractivity contribution in [3.05, 3.63) is 0 Å². The molecule has 4 nitrogen and oxygen atoms in total. The Bertz CT molecular complexity index is 217. The Balaban J connectivity index is 5.77. The first kappa shape index (κ1) is 20.3. The summed E-state index contributed by atoms with van der Waals surface area (Å²) in [5.41, 5.74) is 0. The van der Waals surface area contributed by atoms with E-state index in [-0.39, 0.29) is 0 Å². The van der Waals surface area contributed by atoms with Crippen LogP contribution in [0, 0.1) is 0 Å². The zero-order valence-corrected chi connectivity index (χ0v) is 16.2. The van der Waals surface area contributed by atoms with Gasteiger partial charge in [-0.2, -0.15) is 0 Å². The van der Waals surface area contributed by atoms with Crippen LogP contribution < -0.4 is 0 Å². The van der Waals surface area contributed by atoms with Crippen LogP contribution in [0.3, 0.4) is 0 Å². The molecule has 0 bridgehead atoms. The number of rotatable bonds is 11. The molecule has 0 N–H and O–H groups in total. The minimum absolute atomic E-state index is 1.10. The monoisotopic (exact) mass is 306 g/mol. The molecule has 0 saturated heterocycles. The van der Waals surface area contributed by atoms with Crippen molar-refractivity contribution >= 4 is 7.87 Å². The van der Waals surface area contributed by atoms with Crippen molar-refractivity contribution in [3.63, 3.8) is 0 Å². The maximum absolute atomic E-state index is 2.78. The van der Waals surface area contributed by atoms with Gasteiger partial charge in [-0.05, 0) is 0 Å².